The van der Waals surface area contributed by atoms with Crippen LogP contribution in [0, 0.1) is 0 Å². The van der Waals surface area contributed by atoms with E-state index < -0.39 is 0 Å². The van der Waals surface area contributed by atoms with Crippen molar-refractivity contribution in [1.82, 2.24) is 4.90 Å². The monoisotopic (exact) mass is 267 g/mol. The predicted octanol–water partition coefficient (Wildman–Crippen LogP) is 2.13. The van der Waals surface area contributed by atoms with E-state index in [0.29, 0.717) is 16.5 Å². The molecule has 1 amide bonds. The third kappa shape index (κ3) is 3.84. The number of carbonyl (C=O) groups is 1. The number of nitrogen functional groups attached to an aromatic ring is 1. The SMILES string of the molecule is CSC(C)CNc1cc(C(=O)N(C)C)ccc1N. The lowest BCUT2D eigenvalue weighted by Crippen LogP contribution is -2.22. The molecule has 1 unspecified atom stereocenters. The first-order valence-electron chi connectivity index (χ1n) is 5.83. The zero-order valence-corrected chi connectivity index (χ0v) is 12.2. The molecule has 0 aliphatic rings. The van der Waals surface area contributed by atoms with Crippen molar-refractivity contribution in [3.05, 3.63) is 23.8 Å². The van der Waals surface area contributed by atoms with Gasteiger partial charge in [-0.15, -0.1) is 0 Å². The highest BCUT2D eigenvalue weighted by atomic mass is 32.2. The molecule has 1 aromatic carbocycles. The van der Waals surface area contributed by atoms with Crippen LogP contribution >= 0.6 is 11.8 Å². The molecule has 0 aliphatic carbocycles. The van der Waals surface area contributed by atoms with Crippen LogP contribution in [0.15, 0.2) is 18.2 Å². The number of hydrogen-bond acceptors (Lipinski definition) is 4. The van der Waals surface area contributed by atoms with Crippen molar-refractivity contribution in [3.63, 3.8) is 0 Å². The van der Waals surface area contributed by atoms with Gasteiger partial charge in [0.2, 0.25) is 0 Å². The summed E-state index contributed by atoms with van der Waals surface area (Å²) in [7, 11) is 3.48. The molecule has 100 valence electrons. The average molecular weight is 267 g/mol. The molecule has 18 heavy (non-hydrogen) atoms. The van der Waals surface area contributed by atoms with Gasteiger partial charge in [0, 0.05) is 31.5 Å². The second kappa shape index (κ2) is 6.54. The number of anilines is 2. The molecular formula is C13H21N3OS. The van der Waals surface area contributed by atoms with E-state index in [9.17, 15) is 4.79 Å². The molecule has 1 atom stereocenters. The first-order valence-corrected chi connectivity index (χ1v) is 7.12. The lowest BCUT2D eigenvalue weighted by atomic mass is 10.1. The van der Waals surface area contributed by atoms with Gasteiger partial charge in [-0.05, 0) is 24.5 Å². The Hall–Kier alpha value is -1.36. The van der Waals surface area contributed by atoms with Crippen molar-refractivity contribution in [2.75, 3.05) is 37.9 Å². The van der Waals surface area contributed by atoms with Crippen LogP contribution in [0.4, 0.5) is 11.4 Å². The zero-order chi connectivity index (χ0) is 13.7. The highest BCUT2D eigenvalue weighted by Gasteiger charge is 2.10. The molecule has 4 nitrogen and oxygen atoms in total. The minimum Gasteiger partial charge on any atom is -0.397 e. The molecule has 0 saturated heterocycles. The van der Waals surface area contributed by atoms with E-state index in [0.717, 1.165) is 12.2 Å². The Balaban J connectivity index is 2.84. The molecular weight excluding hydrogens is 246 g/mol. The first-order chi connectivity index (χ1) is 8.45. The largest absolute Gasteiger partial charge is 0.397 e. The van der Waals surface area contributed by atoms with E-state index in [1.807, 2.05) is 6.07 Å². The normalized spacial score (nSPS) is 12.0. The van der Waals surface area contributed by atoms with Crippen LogP contribution in [0.25, 0.3) is 0 Å². The maximum Gasteiger partial charge on any atom is 0.253 e. The van der Waals surface area contributed by atoms with Crippen molar-refractivity contribution in [1.29, 1.82) is 0 Å². The van der Waals surface area contributed by atoms with Crippen LogP contribution in [0.2, 0.25) is 0 Å². The second-order valence-electron chi connectivity index (χ2n) is 4.43. The smallest absolute Gasteiger partial charge is 0.253 e. The van der Waals surface area contributed by atoms with Crippen molar-refractivity contribution in [2.45, 2.75) is 12.2 Å². The molecule has 0 radical (unpaired) electrons. The van der Waals surface area contributed by atoms with Gasteiger partial charge in [0.05, 0.1) is 11.4 Å². The molecule has 3 N–H and O–H groups in total. The molecule has 0 bridgehead atoms. The maximum atomic E-state index is 11.9. The molecule has 0 heterocycles. The summed E-state index contributed by atoms with van der Waals surface area (Å²) in [5.74, 6) is -0.0176. The van der Waals surface area contributed by atoms with Gasteiger partial charge in [-0.1, -0.05) is 6.92 Å². The summed E-state index contributed by atoms with van der Waals surface area (Å²) in [4.78, 5) is 13.4. The third-order valence-corrected chi connectivity index (χ3v) is 3.66. The number of thioether (sulfide) groups is 1. The van der Waals surface area contributed by atoms with Crippen LogP contribution in [0.1, 0.15) is 17.3 Å². The maximum absolute atomic E-state index is 11.9. The number of nitrogens with zero attached hydrogens (tertiary/aromatic N) is 1. The van der Waals surface area contributed by atoms with Crippen molar-refractivity contribution >= 4 is 29.0 Å². The van der Waals surface area contributed by atoms with Gasteiger partial charge in [-0.3, -0.25) is 4.79 Å². The van der Waals surface area contributed by atoms with Crippen LogP contribution < -0.4 is 11.1 Å². The Morgan fingerprint density at radius 3 is 2.72 bits per heavy atom. The Bertz CT molecular complexity index is 421. The molecule has 0 spiro atoms. The summed E-state index contributed by atoms with van der Waals surface area (Å²) in [5, 5.41) is 3.78. The fourth-order valence-electron chi connectivity index (χ4n) is 1.44. The van der Waals surface area contributed by atoms with Gasteiger partial charge in [0.25, 0.3) is 5.91 Å². The van der Waals surface area contributed by atoms with E-state index in [-0.39, 0.29) is 5.91 Å². The minimum atomic E-state index is -0.0176. The van der Waals surface area contributed by atoms with E-state index in [1.54, 1.807) is 42.9 Å². The predicted molar refractivity (Wildman–Crippen MR) is 80.3 cm³/mol. The van der Waals surface area contributed by atoms with Gasteiger partial charge < -0.3 is 16.0 Å². The molecule has 1 rings (SSSR count). The average Bonchev–Trinajstić information content (AvgIpc) is 2.36. The summed E-state index contributed by atoms with van der Waals surface area (Å²) in [6.45, 7) is 2.97. The number of rotatable bonds is 5. The standard InChI is InChI=1S/C13H21N3OS/c1-9(18-4)8-15-12-7-10(5-6-11(12)14)13(17)16(2)3/h5-7,9,15H,8,14H2,1-4H3. The Morgan fingerprint density at radius 2 is 2.17 bits per heavy atom. The lowest BCUT2D eigenvalue weighted by molar-refractivity contribution is 0.0827. The molecule has 1 aromatic rings. The van der Waals surface area contributed by atoms with E-state index >= 15 is 0 Å². The highest BCUT2D eigenvalue weighted by molar-refractivity contribution is 7.99. The van der Waals surface area contributed by atoms with Crippen LogP contribution in [0.5, 0.6) is 0 Å². The van der Waals surface area contributed by atoms with E-state index in [1.165, 1.54) is 0 Å². The van der Waals surface area contributed by atoms with Gasteiger partial charge >= 0.3 is 0 Å². The van der Waals surface area contributed by atoms with Crippen LogP contribution in [0.3, 0.4) is 0 Å². The molecule has 0 aliphatic heterocycles. The zero-order valence-electron chi connectivity index (χ0n) is 11.4. The fourth-order valence-corrected chi connectivity index (χ4v) is 1.69. The third-order valence-electron chi connectivity index (χ3n) is 2.69. The molecule has 0 fully saturated rings. The second-order valence-corrected chi connectivity index (χ2v) is 5.70. The fraction of sp³-hybridized carbons (Fsp3) is 0.462. The van der Waals surface area contributed by atoms with Crippen LogP contribution in [-0.4, -0.2) is 43.0 Å². The van der Waals surface area contributed by atoms with Gasteiger partial charge in [-0.2, -0.15) is 11.8 Å². The molecule has 5 heteroatoms. The summed E-state index contributed by atoms with van der Waals surface area (Å²) in [6.07, 6.45) is 2.07. The Labute approximate surface area is 113 Å². The summed E-state index contributed by atoms with van der Waals surface area (Å²) < 4.78 is 0. The first kappa shape index (κ1) is 14.7. The van der Waals surface area contributed by atoms with Crippen LogP contribution in [-0.2, 0) is 0 Å². The lowest BCUT2D eigenvalue weighted by Gasteiger charge is -2.15. The Kier molecular flexibility index (Phi) is 5.34. The number of benzene rings is 1. The number of hydrogen-bond donors (Lipinski definition) is 2. The molecule has 0 saturated carbocycles. The van der Waals surface area contributed by atoms with Crippen molar-refractivity contribution in [3.8, 4) is 0 Å². The Morgan fingerprint density at radius 1 is 1.50 bits per heavy atom. The van der Waals surface area contributed by atoms with Gasteiger partial charge in [-0.25, -0.2) is 0 Å². The summed E-state index contributed by atoms with van der Waals surface area (Å²) in [5.41, 5.74) is 8.03. The quantitative estimate of drug-likeness (QED) is 0.802. The topological polar surface area (TPSA) is 58.4 Å². The van der Waals surface area contributed by atoms with Gasteiger partial charge in [0.15, 0.2) is 0 Å². The van der Waals surface area contributed by atoms with Crippen molar-refractivity contribution in [2.24, 2.45) is 0 Å². The van der Waals surface area contributed by atoms with Gasteiger partial charge in [0.1, 0.15) is 0 Å². The number of nitrogens with two attached hydrogens (primary N) is 1. The summed E-state index contributed by atoms with van der Waals surface area (Å²) in [6, 6.07) is 5.33. The number of amides is 1. The van der Waals surface area contributed by atoms with E-state index in [4.69, 9.17) is 5.73 Å². The number of nitrogens with one attached hydrogen (secondary N) is 1. The van der Waals surface area contributed by atoms with E-state index in [2.05, 4.69) is 18.5 Å². The highest BCUT2D eigenvalue weighted by Crippen LogP contribution is 2.21. The van der Waals surface area contributed by atoms with Crippen molar-refractivity contribution < 1.29 is 4.79 Å². The summed E-state index contributed by atoms with van der Waals surface area (Å²) >= 11 is 1.79. The number of carbonyl (C=O) groups excluding carboxylic acids is 1. The minimum absolute atomic E-state index is 0.0176. The molecule has 0 aromatic heterocycles.